The Labute approximate surface area is 142 Å². The zero-order chi connectivity index (χ0) is 18.6. The molecule has 1 fully saturated rings. The van der Waals surface area contributed by atoms with Crippen molar-refractivity contribution in [3.8, 4) is 23.3 Å². The van der Waals surface area contributed by atoms with E-state index in [0.717, 1.165) is 0 Å². The van der Waals surface area contributed by atoms with Crippen molar-refractivity contribution in [1.29, 1.82) is 0 Å². The first-order valence-corrected chi connectivity index (χ1v) is 7.45. The number of nitrogens with two attached hydrogens (primary N) is 1. The molecule has 0 spiro atoms. The van der Waals surface area contributed by atoms with Crippen molar-refractivity contribution in [2.75, 3.05) is 0 Å². The highest BCUT2D eigenvalue weighted by molar-refractivity contribution is 5.71. The number of amides is 2. The number of hydroxylamine groups is 2. The van der Waals surface area contributed by atoms with Crippen LogP contribution in [0.1, 0.15) is 19.8 Å². The number of hydrogen-bond acceptors (Lipinski definition) is 4. The Balaban J connectivity index is 1.78. The molecule has 0 aromatic heterocycles. The van der Waals surface area contributed by atoms with Crippen LogP contribution in [0.25, 0.3) is 0 Å². The highest BCUT2D eigenvalue weighted by Crippen LogP contribution is 2.32. The minimum absolute atomic E-state index is 0.0570. The fourth-order valence-electron chi connectivity index (χ4n) is 2.18. The first-order chi connectivity index (χ1) is 11.6. The Morgan fingerprint density at radius 3 is 2.40 bits per heavy atom. The van der Waals surface area contributed by atoms with Crippen molar-refractivity contribution in [3.63, 3.8) is 0 Å². The molecule has 1 unspecified atom stereocenters. The van der Waals surface area contributed by atoms with E-state index in [0.29, 0.717) is 23.7 Å². The molecule has 1 atom stereocenters. The average Bonchev–Trinajstić information content (AvgIpc) is 2.48. The fourth-order valence-corrected chi connectivity index (χ4v) is 2.18. The standard InChI is InChI=1S/C16H17F3N2O4/c1-10(21(23)15(20)22)2-3-11-8-14(9-11)24-12-4-6-13(7-5-12)25-16(17,18)19/h4-7,10-11,14,23H,8-9H2,1H3,(H2,20,22)/t10?,11-,14+. The molecule has 1 aromatic carbocycles. The number of ether oxygens (including phenoxy) is 2. The average molecular weight is 358 g/mol. The molecule has 2 rings (SSSR count). The van der Waals surface area contributed by atoms with Crippen LogP contribution in [0.3, 0.4) is 0 Å². The van der Waals surface area contributed by atoms with Gasteiger partial charge in [-0.05, 0) is 44.0 Å². The Morgan fingerprint density at radius 1 is 1.32 bits per heavy atom. The van der Waals surface area contributed by atoms with Gasteiger partial charge in [-0.25, -0.2) is 4.79 Å². The summed E-state index contributed by atoms with van der Waals surface area (Å²) in [6, 6.07) is 3.48. The van der Waals surface area contributed by atoms with E-state index in [1.165, 1.54) is 31.2 Å². The molecular formula is C16H17F3N2O4. The number of carbonyl (C=O) groups is 1. The summed E-state index contributed by atoms with van der Waals surface area (Å²) in [5.74, 6) is 5.83. The summed E-state index contributed by atoms with van der Waals surface area (Å²) >= 11 is 0. The second-order valence-electron chi connectivity index (χ2n) is 5.57. The van der Waals surface area contributed by atoms with E-state index < -0.39 is 18.4 Å². The van der Waals surface area contributed by atoms with Crippen molar-refractivity contribution in [2.45, 2.75) is 38.3 Å². The van der Waals surface area contributed by atoms with Gasteiger partial charge in [0.1, 0.15) is 23.6 Å². The maximum atomic E-state index is 12.1. The highest BCUT2D eigenvalue weighted by atomic mass is 19.4. The number of primary amides is 1. The van der Waals surface area contributed by atoms with Gasteiger partial charge in [-0.1, -0.05) is 11.8 Å². The number of halogens is 3. The lowest BCUT2D eigenvalue weighted by Crippen LogP contribution is -2.39. The predicted octanol–water partition coefficient (Wildman–Crippen LogP) is 2.90. The van der Waals surface area contributed by atoms with Crippen LogP contribution >= 0.6 is 0 Å². The molecule has 1 aromatic rings. The number of hydrogen-bond donors (Lipinski definition) is 2. The monoisotopic (exact) mass is 358 g/mol. The van der Waals surface area contributed by atoms with Crippen LogP contribution in [-0.2, 0) is 0 Å². The number of rotatable bonds is 4. The normalized spacial score (nSPS) is 20.5. The van der Waals surface area contributed by atoms with Crippen LogP contribution in [0.15, 0.2) is 24.3 Å². The summed E-state index contributed by atoms with van der Waals surface area (Å²) < 4.78 is 45.6. The molecule has 1 aliphatic carbocycles. The minimum atomic E-state index is -4.72. The lowest BCUT2D eigenvalue weighted by molar-refractivity contribution is -0.274. The van der Waals surface area contributed by atoms with Gasteiger partial charge < -0.3 is 15.2 Å². The van der Waals surface area contributed by atoms with Crippen LogP contribution in [0.2, 0.25) is 0 Å². The predicted molar refractivity (Wildman–Crippen MR) is 80.7 cm³/mol. The molecule has 136 valence electrons. The van der Waals surface area contributed by atoms with Gasteiger partial charge in [0.15, 0.2) is 0 Å². The topological polar surface area (TPSA) is 85.0 Å². The fraction of sp³-hybridized carbons (Fsp3) is 0.438. The maximum absolute atomic E-state index is 12.1. The Bertz CT molecular complexity index is 661. The molecule has 2 amide bonds. The third kappa shape index (κ3) is 5.76. The Hall–Kier alpha value is -2.60. The number of alkyl halides is 3. The summed E-state index contributed by atoms with van der Waals surface area (Å²) in [6.07, 6.45) is -3.53. The summed E-state index contributed by atoms with van der Waals surface area (Å²) in [7, 11) is 0. The van der Waals surface area contributed by atoms with Crippen molar-refractivity contribution >= 4 is 6.03 Å². The zero-order valence-corrected chi connectivity index (χ0v) is 13.3. The lowest BCUT2D eigenvalue weighted by atomic mass is 9.82. The molecule has 9 heteroatoms. The highest BCUT2D eigenvalue weighted by Gasteiger charge is 2.32. The van der Waals surface area contributed by atoms with Crippen LogP contribution in [-0.4, -0.2) is 34.8 Å². The number of benzene rings is 1. The third-order valence-corrected chi connectivity index (χ3v) is 3.54. The van der Waals surface area contributed by atoms with Crippen molar-refractivity contribution < 1.29 is 32.6 Å². The number of urea groups is 1. The van der Waals surface area contributed by atoms with Crippen molar-refractivity contribution in [3.05, 3.63) is 24.3 Å². The zero-order valence-electron chi connectivity index (χ0n) is 13.3. The first-order valence-electron chi connectivity index (χ1n) is 7.45. The molecule has 0 bridgehead atoms. The van der Waals surface area contributed by atoms with Gasteiger partial charge in [-0.15, -0.1) is 13.2 Å². The van der Waals surface area contributed by atoms with E-state index in [9.17, 15) is 23.2 Å². The van der Waals surface area contributed by atoms with Crippen molar-refractivity contribution in [2.24, 2.45) is 11.7 Å². The molecule has 0 saturated heterocycles. The largest absolute Gasteiger partial charge is 0.573 e. The van der Waals surface area contributed by atoms with E-state index in [1.807, 2.05) is 0 Å². The van der Waals surface area contributed by atoms with Gasteiger partial charge in [-0.2, -0.15) is 5.06 Å². The van der Waals surface area contributed by atoms with E-state index >= 15 is 0 Å². The molecule has 6 nitrogen and oxygen atoms in total. The quantitative estimate of drug-likeness (QED) is 0.492. The van der Waals surface area contributed by atoms with Gasteiger partial charge in [0.05, 0.1) is 0 Å². The first kappa shape index (κ1) is 18.7. The molecule has 0 heterocycles. The maximum Gasteiger partial charge on any atom is 0.573 e. The molecule has 0 radical (unpaired) electrons. The van der Waals surface area contributed by atoms with Crippen LogP contribution in [0, 0.1) is 17.8 Å². The Kier molecular flexibility index (Phi) is 5.64. The molecule has 3 N–H and O–H groups in total. The molecule has 1 saturated carbocycles. The third-order valence-electron chi connectivity index (χ3n) is 3.54. The van der Waals surface area contributed by atoms with E-state index in [1.54, 1.807) is 0 Å². The van der Waals surface area contributed by atoms with Gasteiger partial charge in [0.25, 0.3) is 0 Å². The number of carbonyl (C=O) groups excluding carboxylic acids is 1. The second-order valence-corrected chi connectivity index (χ2v) is 5.57. The van der Waals surface area contributed by atoms with Crippen LogP contribution in [0.4, 0.5) is 18.0 Å². The van der Waals surface area contributed by atoms with E-state index in [2.05, 4.69) is 16.6 Å². The van der Waals surface area contributed by atoms with Crippen LogP contribution < -0.4 is 15.2 Å². The van der Waals surface area contributed by atoms with Gasteiger partial charge in [0.2, 0.25) is 0 Å². The summed E-state index contributed by atoms with van der Waals surface area (Å²) in [4.78, 5) is 10.8. The lowest BCUT2D eigenvalue weighted by Gasteiger charge is -2.32. The van der Waals surface area contributed by atoms with E-state index in [-0.39, 0.29) is 17.8 Å². The summed E-state index contributed by atoms with van der Waals surface area (Å²) in [6.45, 7) is 1.54. The van der Waals surface area contributed by atoms with Crippen molar-refractivity contribution in [1.82, 2.24) is 5.06 Å². The molecule has 1 aliphatic rings. The van der Waals surface area contributed by atoms with Gasteiger partial charge in [-0.3, -0.25) is 5.21 Å². The van der Waals surface area contributed by atoms with Gasteiger partial charge in [0, 0.05) is 5.92 Å². The Morgan fingerprint density at radius 2 is 1.88 bits per heavy atom. The molecule has 0 aliphatic heterocycles. The molecular weight excluding hydrogens is 341 g/mol. The SMILES string of the molecule is CC(C#C[C@H]1C[C@@H](Oc2ccc(OC(F)(F)F)cc2)C1)N(O)C(N)=O. The van der Waals surface area contributed by atoms with Gasteiger partial charge >= 0.3 is 12.4 Å². The summed E-state index contributed by atoms with van der Waals surface area (Å²) in [5, 5.41) is 9.64. The summed E-state index contributed by atoms with van der Waals surface area (Å²) in [5.41, 5.74) is 4.92. The molecule has 25 heavy (non-hydrogen) atoms. The van der Waals surface area contributed by atoms with E-state index in [4.69, 9.17) is 10.5 Å². The smallest absolute Gasteiger partial charge is 0.490 e. The second kappa shape index (κ2) is 7.53. The van der Waals surface area contributed by atoms with Crippen LogP contribution in [0.5, 0.6) is 11.5 Å². The minimum Gasteiger partial charge on any atom is -0.490 e. The number of nitrogens with zero attached hydrogens (tertiary/aromatic N) is 1.